The Labute approximate surface area is 194 Å². The molecule has 180 valence electrons. The van der Waals surface area contributed by atoms with E-state index >= 15 is 0 Å². The molecule has 0 aliphatic carbocycles. The second-order valence-electron chi connectivity index (χ2n) is 9.04. The molecule has 0 bridgehead atoms. The molecule has 2 aromatic heterocycles. The highest BCUT2D eigenvalue weighted by molar-refractivity contribution is 5.51. The van der Waals surface area contributed by atoms with Crippen LogP contribution in [-0.4, -0.2) is 24.9 Å². The fourth-order valence-corrected chi connectivity index (χ4v) is 4.30. The van der Waals surface area contributed by atoms with Crippen molar-refractivity contribution in [3.63, 3.8) is 0 Å². The first-order valence-electron chi connectivity index (χ1n) is 13.0. The molecule has 32 heavy (non-hydrogen) atoms. The lowest BCUT2D eigenvalue weighted by Crippen LogP contribution is -2.04. The summed E-state index contributed by atoms with van der Waals surface area (Å²) in [4.78, 5) is 20.1. The van der Waals surface area contributed by atoms with Gasteiger partial charge in [0.05, 0.1) is 0 Å². The molecule has 2 aromatic rings. The summed E-state index contributed by atoms with van der Waals surface area (Å²) in [6.45, 7) is 4.50. The van der Waals surface area contributed by atoms with Crippen molar-refractivity contribution in [3.05, 3.63) is 12.0 Å². The summed E-state index contributed by atoms with van der Waals surface area (Å²) >= 11 is 0. The maximum atomic E-state index is 5.68. The van der Waals surface area contributed by atoms with Gasteiger partial charge in [-0.3, -0.25) is 0 Å². The molecule has 7 nitrogen and oxygen atoms in total. The Hall–Kier alpha value is -2.18. The van der Waals surface area contributed by atoms with Gasteiger partial charge in [0.25, 0.3) is 0 Å². The minimum Gasteiger partial charge on any atom is -0.368 e. The minimum absolute atomic E-state index is 0.117. The largest absolute Gasteiger partial charge is 0.368 e. The number of nitrogens with two attached hydrogens (primary N) is 2. The highest BCUT2D eigenvalue weighted by atomic mass is 15.1. The molecular formula is C25H45N7. The third-order valence-electron chi connectivity index (χ3n) is 6.28. The predicted octanol–water partition coefficient (Wildman–Crippen LogP) is 6.79. The number of H-pyrrole nitrogens is 1. The monoisotopic (exact) mass is 443 g/mol. The van der Waals surface area contributed by atoms with Crippen molar-refractivity contribution in [1.82, 2.24) is 24.9 Å². The van der Waals surface area contributed by atoms with Crippen LogP contribution in [0.1, 0.15) is 128 Å². The van der Waals surface area contributed by atoms with Gasteiger partial charge in [0.2, 0.25) is 11.9 Å². The zero-order valence-corrected chi connectivity index (χ0v) is 20.4. The molecule has 0 radical (unpaired) electrons. The fourth-order valence-electron chi connectivity index (χ4n) is 4.30. The van der Waals surface area contributed by atoms with E-state index in [-0.39, 0.29) is 11.9 Å². The normalized spacial score (nSPS) is 12.3. The first kappa shape index (κ1) is 26.1. The van der Waals surface area contributed by atoms with E-state index in [1.165, 1.54) is 89.9 Å². The summed E-state index contributed by atoms with van der Waals surface area (Å²) in [5, 5.41) is 0. The van der Waals surface area contributed by atoms with E-state index in [0.717, 1.165) is 18.7 Å². The Bertz CT molecular complexity index is 723. The number of anilines is 2. The van der Waals surface area contributed by atoms with Gasteiger partial charge < -0.3 is 16.5 Å². The van der Waals surface area contributed by atoms with Gasteiger partial charge in [-0.05, 0) is 12.8 Å². The number of aromatic amines is 1. The number of unbranched alkanes of at least 4 members (excludes halogenated alkanes) is 13. The summed E-state index contributed by atoms with van der Waals surface area (Å²) in [7, 11) is 0. The maximum Gasteiger partial charge on any atom is 0.225 e. The Morgan fingerprint density at radius 1 is 0.688 bits per heavy atom. The van der Waals surface area contributed by atoms with Crippen LogP contribution >= 0.6 is 0 Å². The molecule has 0 saturated heterocycles. The second kappa shape index (κ2) is 15.6. The van der Waals surface area contributed by atoms with Gasteiger partial charge in [-0.15, -0.1) is 0 Å². The Morgan fingerprint density at radius 2 is 1.19 bits per heavy atom. The lowest BCUT2D eigenvalue weighted by molar-refractivity contribution is 0.504. The number of hydrogen-bond acceptors (Lipinski definition) is 6. The number of hydrogen-bond donors (Lipinski definition) is 3. The van der Waals surface area contributed by atoms with Crippen molar-refractivity contribution >= 4 is 11.9 Å². The average Bonchev–Trinajstić information content (AvgIpc) is 3.26. The van der Waals surface area contributed by atoms with Crippen LogP contribution in [0.4, 0.5) is 11.9 Å². The SMILES string of the molecule is CCCCCCCCCCCCCCCCC(CC)c1nc(-c2nc(N)nc(N)n2)c[nH]1. The number of nitrogens with zero attached hydrogens (tertiary/aromatic N) is 4. The smallest absolute Gasteiger partial charge is 0.225 e. The molecule has 0 aliphatic rings. The number of aromatic nitrogens is 5. The lowest BCUT2D eigenvalue weighted by atomic mass is 9.97. The number of nitrogen functional groups attached to an aromatic ring is 2. The molecule has 0 aliphatic heterocycles. The van der Waals surface area contributed by atoms with E-state index in [9.17, 15) is 0 Å². The van der Waals surface area contributed by atoms with Crippen LogP contribution in [0, 0.1) is 0 Å². The zero-order chi connectivity index (χ0) is 23.0. The molecule has 2 heterocycles. The Balaban J connectivity index is 1.55. The highest BCUT2D eigenvalue weighted by Gasteiger charge is 2.15. The first-order valence-corrected chi connectivity index (χ1v) is 13.0. The summed E-state index contributed by atoms with van der Waals surface area (Å²) in [6.07, 6.45) is 23.5. The Morgan fingerprint density at radius 3 is 1.69 bits per heavy atom. The van der Waals surface area contributed by atoms with Crippen molar-refractivity contribution in [2.45, 2.75) is 122 Å². The predicted molar refractivity (Wildman–Crippen MR) is 134 cm³/mol. The van der Waals surface area contributed by atoms with Gasteiger partial charge in [-0.25, -0.2) is 4.98 Å². The van der Waals surface area contributed by atoms with Crippen molar-refractivity contribution in [2.75, 3.05) is 11.5 Å². The standard InChI is InChI=1S/C25H45N7/c1-3-5-6-7-8-9-10-11-12-13-14-15-16-17-18-20(4-2)22-28-19-21(29-22)23-30-24(26)32-25(27)31-23/h19-20H,3-18H2,1-2H3,(H,28,29)(H4,26,27,30,31,32). The third kappa shape index (κ3) is 9.96. The number of nitrogens with one attached hydrogen (secondary N) is 1. The molecule has 0 amide bonds. The Kier molecular flexibility index (Phi) is 12.7. The molecule has 0 saturated carbocycles. The molecule has 1 atom stereocenters. The molecule has 0 fully saturated rings. The van der Waals surface area contributed by atoms with E-state index in [2.05, 4.69) is 33.8 Å². The molecule has 0 spiro atoms. The molecule has 2 rings (SSSR count). The number of rotatable bonds is 18. The highest BCUT2D eigenvalue weighted by Crippen LogP contribution is 2.26. The molecular weight excluding hydrogens is 398 g/mol. The van der Waals surface area contributed by atoms with Gasteiger partial charge in [0.1, 0.15) is 11.5 Å². The van der Waals surface area contributed by atoms with Crippen molar-refractivity contribution in [1.29, 1.82) is 0 Å². The van der Waals surface area contributed by atoms with E-state index in [1.807, 2.05) is 6.20 Å². The van der Waals surface area contributed by atoms with Gasteiger partial charge in [0, 0.05) is 12.1 Å². The third-order valence-corrected chi connectivity index (χ3v) is 6.28. The van der Waals surface area contributed by atoms with Crippen LogP contribution in [0.25, 0.3) is 11.5 Å². The second-order valence-corrected chi connectivity index (χ2v) is 9.04. The maximum absolute atomic E-state index is 5.68. The van der Waals surface area contributed by atoms with E-state index in [1.54, 1.807) is 0 Å². The lowest BCUT2D eigenvalue weighted by Gasteiger charge is -2.12. The van der Waals surface area contributed by atoms with Crippen LogP contribution in [0.15, 0.2) is 6.20 Å². The van der Waals surface area contributed by atoms with Gasteiger partial charge in [-0.2, -0.15) is 15.0 Å². The van der Waals surface area contributed by atoms with E-state index in [4.69, 9.17) is 16.5 Å². The fraction of sp³-hybridized carbons (Fsp3) is 0.760. The minimum atomic E-state index is 0.117. The summed E-state index contributed by atoms with van der Waals surface area (Å²) in [6, 6.07) is 0. The van der Waals surface area contributed by atoms with E-state index < -0.39 is 0 Å². The zero-order valence-electron chi connectivity index (χ0n) is 20.4. The van der Waals surface area contributed by atoms with Crippen molar-refractivity contribution in [3.8, 4) is 11.5 Å². The van der Waals surface area contributed by atoms with Gasteiger partial charge >= 0.3 is 0 Å². The molecule has 0 aromatic carbocycles. The van der Waals surface area contributed by atoms with E-state index in [0.29, 0.717) is 17.4 Å². The van der Waals surface area contributed by atoms with Crippen LogP contribution in [-0.2, 0) is 0 Å². The first-order chi connectivity index (χ1) is 15.6. The van der Waals surface area contributed by atoms with Crippen LogP contribution < -0.4 is 11.5 Å². The summed E-state index contributed by atoms with van der Waals surface area (Å²) in [5.74, 6) is 2.08. The average molecular weight is 444 g/mol. The van der Waals surface area contributed by atoms with Gasteiger partial charge in [0.15, 0.2) is 5.82 Å². The van der Waals surface area contributed by atoms with Crippen molar-refractivity contribution in [2.24, 2.45) is 0 Å². The summed E-state index contributed by atoms with van der Waals surface area (Å²) < 4.78 is 0. The van der Waals surface area contributed by atoms with Crippen LogP contribution in [0.2, 0.25) is 0 Å². The number of imidazole rings is 1. The molecule has 1 unspecified atom stereocenters. The quantitative estimate of drug-likeness (QED) is 0.218. The van der Waals surface area contributed by atoms with Crippen LogP contribution in [0.5, 0.6) is 0 Å². The summed E-state index contributed by atoms with van der Waals surface area (Å²) in [5.41, 5.74) is 12.0. The molecule has 7 heteroatoms. The molecule has 5 N–H and O–H groups in total. The van der Waals surface area contributed by atoms with Crippen molar-refractivity contribution < 1.29 is 0 Å². The van der Waals surface area contributed by atoms with Crippen LogP contribution in [0.3, 0.4) is 0 Å². The van der Waals surface area contributed by atoms with Gasteiger partial charge in [-0.1, -0.05) is 104 Å². The topological polar surface area (TPSA) is 119 Å².